The van der Waals surface area contributed by atoms with Crippen molar-refractivity contribution in [3.8, 4) is 0 Å². The Bertz CT molecular complexity index is 729. The van der Waals surface area contributed by atoms with Gasteiger partial charge < -0.3 is 24.8 Å². The van der Waals surface area contributed by atoms with E-state index in [1.54, 1.807) is 37.8 Å². The molecule has 0 aromatic heterocycles. The number of nitrogens with zero attached hydrogens (tertiary/aromatic N) is 1. The van der Waals surface area contributed by atoms with Crippen molar-refractivity contribution in [1.29, 1.82) is 0 Å². The van der Waals surface area contributed by atoms with Crippen LogP contribution in [0.1, 0.15) is 59.3 Å². The number of nitrogens with one attached hydrogen (secondary N) is 1. The fourth-order valence-corrected chi connectivity index (χ4v) is 3.84. The van der Waals surface area contributed by atoms with Gasteiger partial charge in [0.25, 0.3) is 0 Å². The molecule has 0 spiro atoms. The molecule has 9 heteroatoms. The van der Waals surface area contributed by atoms with Crippen LogP contribution in [0.4, 0.5) is 0 Å². The standard InChI is InChI=1S/C25H40N2O7/c1-6-9-18(15-21(29)26-12-14-28)23(31)27-13-8-11-20(27)17-33-24(32)19(10-7-2)16-22(30)34-25(3,4)5/h6-7,18-20,28H,1-2,8-17H2,3-5H3,(H,26,29)/t18-,19-,20+/m0/s1. The molecule has 0 bridgehead atoms. The molecule has 0 aromatic rings. The molecule has 34 heavy (non-hydrogen) atoms. The third kappa shape index (κ3) is 10.5. The highest BCUT2D eigenvalue weighted by Crippen LogP contribution is 2.24. The van der Waals surface area contributed by atoms with Crippen molar-refractivity contribution < 1.29 is 33.8 Å². The van der Waals surface area contributed by atoms with Crippen molar-refractivity contribution in [3.63, 3.8) is 0 Å². The zero-order valence-electron chi connectivity index (χ0n) is 20.7. The lowest BCUT2D eigenvalue weighted by Gasteiger charge is -2.28. The van der Waals surface area contributed by atoms with Gasteiger partial charge in [-0.25, -0.2) is 0 Å². The zero-order chi connectivity index (χ0) is 25.7. The molecule has 0 unspecified atom stereocenters. The number of ether oxygens (including phenoxy) is 2. The summed E-state index contributed by atoms with van der Waals surface area (Å²) >= 11 is 0. The number of carbonyl (C=O) groups excluding carboxylic acids is 4. The second-order valence-corrected chi connectivity index (χ2v) is 9.47. The summed E-state index contributed by atoms with van der Waals surface area (Å²) in [6.07, 6.45) is 5.09. The summed E-state index contributed by atoms with van der Waals surface area (Å²) in [6, 6.07) is -0.296. The molecule has 1 fully saturated rings. The SMILES string of the molecule is C=CC[C@@H](CC(=O)OC(C)(C)C)C(=O)OC[C@H]1CCCN1C(=O)[C@@H](CC=C)CC(=O)NCCO. The largest absolute Gasteiger partial charge is 0.463 e. The monoisotopic (exact) mass is 480 g/mol. The lowest BCUT2D eigenvalue weighted by Crippen LogP contribution is -2.43. The molecule has 192 valence electrons. The summed E-state index contributed by atoms with van der Waals surface area (Å²) in [5.74, 6) is -2.80. The first kappa shape index (κ1) is 29.4. The maximum atomic E-state index is 13.1. The summed E-state index contributed by atoms with van der Waals surface area (Å²) in [6.45, 7) is 13.1. The Morgan fingerprint density at radius 1 is 1.12 bits per heavy atom. The Morgan fingerprint density at radius 3 is 2.35 bits per heavy atom. The van der Waals surface area contributed by atoms with E-state index in [-0.39, 0.29) is 56.9 Å². The van der Waals surface area contributed by atoms with E-state index in [0.717, 1.165) is 6.42 Å². The molecule has 9 nitrogen and oxygen atoms in total. The number of aliphatic hydroxyl groups excluding tert-OH is 1. The first-order chi connectivity index (χ1) is 16.0. The van der Waals surface area contributed by atoms with Crippen molar-refractivity contribution >= 4 is 23.8 Å². The molecule has 0 aromatic carbocycles. The highest BCUT2D eigenvalue weighted by atomic mass is 16.6. The first-order valence-corrected chi connectivity index (χ1v) is 11.8. The summed E-state index contributed by atoms with van der Waals surface area (Å²) in [4.78, 5) is 51.7. The van der Waals surface area contributed by atoms with Gasteiger partial charge in [0.1, 0.15) is 12.2 Å². The van der Waals surface area contributed by atoms with Crippen LogP contribution in [0.15, 0.2) is 25.3 Å². The van der Waals surface area contributed by atoms with E-state index in [4.69, 9.17) is 14.6 Å². The zero-order valence-corrected chi connectivity index (χ0v) is 20.7. The minimum absolute atomic E-state index is 0.00877. The summed E-state index contributed by atoms with van der Waals surface area (Å²) in [7, 11) is 0. The van der Waals surface area contributed by atoms with Gasteiger partial charge in [-0.1, -0.05) is 12.2 Å². The van der Waals surface area contributed by atoms with E-state index >= 15 is 0 Å². The van der Waals surface area contributed by atoms with E-state index in [2.05, 4.69) is 18.5 Å². The van der Waals surface area contributed by atoms with Gasteiger partial charge in [-0.15, -0.1) is 13.2 Å². The lowest BCUT2D eigenvalue weighted by molar-refractivity contribution is -0.162. The Morgan fingerprint density at radius 2 is 1.76 bits per heavy atom. The van der Waals surface area contributed by atoms with E-state index in [1.165, 1.54) is 0 Å². The van der Waals surface area contributed by atoms with Crippen LogP contribution in [-0.4, -0.2) is 71.7 Å². The minimum Gasteiger partial charge on any atom is -0.463 e. The maximum Gasteiger partial charge on any atom is 0.309 e. The highest BCUT2D eigenvalue weighted by Gasteiger charge is 2.35. The van der Waals surface area contributed by atoms with Gasteiger partial charge in [-0.05, 0) is 46.5 Å². The first-order valence-electron chi connectivity index (χ1n) is 11.8. The number of allylic oxidation sites excluding steroid dienone is 2. The number of carbonyl (C=O) groups is 4. The summed E-state index contributed by atoms with van der Waals surface area (Å²) in [5, 5.41) is 11.4. The fourth-order valence-electron chi connectivity index (χ4n) is 3.84. The number of esters is 2. The van der Waals surface area contributed by atoms with Gasteiger partial charge in [-0.3, -0.25) is 19.2 Å². The molecular formula is C25H40N2O7. The average molecular weight is 481 g/mol. The van der Waals surface area contributed by atoms with E-state index in [9.17, 15) is 19.2 Å². The number of likely N-dealkylation sites (tertiary alicyclic amines) is 1. The van der Waals surface area contributed by atoms with Crippen LogP contribution in [0, 0.1) is 11.8 Å². The topological polar surface area (TPSA) is 122 Å². The van der Waals surface area contributed by atoms with Crippen molar-refractivity contribution in [2.75, 3.05) is 26.3 Å². The fraction of sp³-hybridized carbons (Fsp3) is 0.680. The molecule has 0 radical (unpaired) electrons. The molecule has 0 saturated carbocycles. The number of amides is 2. The maximum absolute atomic E-state index is 13.1. The third-order valence-electron chi connectivity index (χ3n) is 5.36. The predicted molar refractivity (Wildman–Crippen MR) is 127 cm³/mol. The van der Waals surface area contributed by atoms with Crippen LogP contribution >= 0.6 is 0 Å². The van der Waals surface area contributed by atoms with Crippen molar-refractivity contribution in [1.82, 2.24) is 10.2 Å². The molecule has 2 N–H and O–H groups in total. The predicted octanol–water partition coefficient (Wildman–Crippen LogP) is 2.14. The molecule has 2 amide bonds. The lowest BCUT2D eigenvalue weighted by atomic mass is 9.98. The Balaban J connectivity index is 2.74. The molecule has 1 rings (SSSR count). The molecule has 1 heterocycles. The summed E-state index contributed by atoms with van der Waals surface area (Å²) < 4.78 is 10.8. The van der Waals surface area contributed by atoms with Crippen LogP contribution in [0.25, 0.3) is 0 Å². The number of hydrogen-bond acceptors (Lipinski definition) is 7. The highest BCUT2D eigenvalue weighted by molar-refractivity contribution is 5.86. The number of rotatable bonds is 14. The van der Waals surface area contributed by atoms with Crippen LogP contribution in [-0.2, 0) is 28.7 Å². The van der Waals surface area contributed by atoms with Gasteiger partial charge in [0.2, 0.25) is 11.8 Å². The van der Waals surface area contributed by atoms with E-state index in [1.807, 2.05) is 0 Å². The Hall–Kier alpha value is -2.68. The third-order valence-corrected chi connectivity index (χ3v) is 5.36. The van der Waals surface area contributed by atoms with E-state index < -0.39 is 29.4 Å². The van der Waals surface area contributed by atoms with Crippen LogP contribution in [0.3, 0.4) is 0 Å². The second-order valence-electron chi connectivity index (χ2n) is 9.47. The molecule has 0 aliphatic carbocycles. The molecule has 3 atom stereocenters. The van der Waals surface area contributed by atoms with Gasteiger partial charge >= 0.3 is 11.9 Å². The smallest absolute Gasteiger partial charge is 0.309 e. The van der Waals surface area contributed by atoms with Gasteiger partial charge in [0.15, 0.2) is 0 Å². The summed E-state index contributed by atoms with van der Waals surface area (Å²) in [5.41, 5.74) is -0.651. The number of hydrogen-bond donors (Lipinski definition) is 2. The molecular weight excluding hydrogens is 440 g/mol. The Kier molecular flexibility index (Phi) is 12.6. The van der Waals surface area contributed by atoms with E-state index in [0.29, 0.717) is 19.4 Å². The van der Waals surface area contributed by atoms with Crippen LogP contribution in [0.2, 0.25) is 0 Å². The molecule has 1 saturated heterocycles. The normalized spacial score (nSPS) is 17.4. The minimum atomic E-state index is -0.707. The van der Waals surface area contributed by atoms with Gasteiger partial charge in [-0.2, -0.15) is 0 Å². The average Bonchev–Trinajstić information content (AvgIpc) is 3.22. The van der Waals surface area contributed by atoms with Crippen molar-refractivity contribution in [2.24, 2.45) is 11.8 Å². The van der Waals surface area contributed by atoms with Gasteiger partial charge in [0, 0.05) is 19.5 Å². The second kappa shape index (κ2) is 14.6. The van der Waals surface area contributed by atoms with Crippen LogP contribution < -0.4 is 5.32 Å². The number of aliphatic hydroxyl groups is 1. The van der Waals surface area contributed by atoms with Gasteiger partial charge in [0.05, 0.1) is 30.9 Å². The Labute approximate surface area is 202 Å². The molecule has 1 aliphatic rings. The quantitative estimate of drug-likeness (QED) is 0.288. The molecule has 1 aliphatic heterocycles. The van der Waals surface area contributed by atoms with Crippen LogP contribution in [0.5, 0.6) is 0 Å². The van der Waals surface area contributed by atoms with Crippen molar-refractivity contribution in [3.05, 3.63) is 25.3 Å². The van der Waals surface area contributed by atoms with Crippen molar-refractivity contribution in [2.45, 2.75) is 70.9 Å².